The number of hydrogen-bond acceptors (Lipinski definition) is 5. The van der Waals surface area contributed by atoms with Gasteiger partial charge in [-0.2, -0.15) is 5.10 Å². The van der Waals surface area contributed by atoms with Crippen molar-refractivity contribution in [2.24, 2.45) is 5.92 Å². The third-order valence-electron chi connectivity index (χ3n) is 6.01. The number of nitrogens with zero attached hydrogens (tertiary/aromatic N) is 6. The molecule has 1 aromatic carbocycles. The van der Waals surface area contributed by atoms with Gasteiger partial charge in [0, 0.05) is 37.5 Å². The Morgan fingerprint density at radius 2 is 2.03 bits per heavy atom. The zero-order valence-corrected chi connectivity index (χ0v) is 18.7. The fourth-order valence-electron chi connectivity index (χ4n) is 4.18. The van der Waals surface area contributed by atoms with Crippen LogP contribution in [0.4, 0.5) is 0 Å². The van der Waals surface area contributed by atoms with E-state index in [1.54, 1.807) is 10.6 Å². The Morgan fingerprint density at radius 1 is 1.22 bits per heavy atom. The molecule has 32 heavy (non-hydrogen) atoms. The van der Waals surface area contributed by atoms with Crippen molar-refractivity contribution in [3.05, 3.63) is 65.0 Å². The highest BCUT2D eigenvalue weighted by Crippen LogP contribution is 2.23. The molecule has 1 N–H and O–H groups in total. The lowest BCUT2D eigenvalue weighted by Crippen LogP contribution is -2.25. The van der Waals surface area contributed by atoms with Crippen LogP contribution in [0.15, 0.2) is 36.7 Å². The number of rotatable bonds is 5. The number of aromatic nitrogens is 6. The summed E-state index contributed by atoms with van der Waals surface area (Å²) in [6.45, 7) is 7.57. The first kappa shape index (κ1) is 20.4. The van der Waals surface area contributed by atoms with Crippen LogP contribution < -0.4 is 5.32 Å². The Bertz CT molecular complexity index is 1290. The Labute approximate surface area is 186 Å². The molecule has 1 amide bonds. The van der Waals surface area contributed by atoms with Crippen LogP contribution in [0.25, 0.3) is 17.2 Å². The van der Waals surface area contributed by atoms with Crippen molar-refractivity contribution in [1.82, 2.24) is 34.4 Å². The summed E-state index contributed by atoms with van der Waals surface area (Å²) in [5.41, 5.74) is 4.29. The first-order chi connectivity index (χ1) is 15.5. The van der Waals surface area contributed by atoms with Crippen LogP contribution in [0.1, 0.15) is 53.4 Å². The molecule has 164 valence electrons. The molecule has 8 nitrogen and oxygen atoms in total. The molecular weight excluding hydrogens is 402 g/mol. The van der Waals surface area contributed by atoms with E-state index in [2.05, 4.69) is 27.3 Å². The third kappa shape index (κ3) is 3.77. The Kier molecular flexibility index (Phi) is 5.20. The molecule has 0 saturated carbocycles. The van der Waals surface area contributed by atoms with Gasteiger partial charge in [-0.15, -0.1) is 0 Å². The van der Waals surface area contributed by atoms with Gasteiger partial charge in [-0.25, -0.2) is 19.6 Å². The molecule has 0 fully saturated rings. The predicted octanol–water partition coefficient (Wildman–Crippen LogP) is 3.37. The molecule has 0 bridgehead atoms. The summed E-state index contributed by atoms with van der Waals surface area (Å²) < 4.78 is 3.81. The Hall–Kier alpha value is -3.55. The lowest BCUT2D eigenvalue weighted by molar-refractivity contribution is 0.0944. The summed E-state index contributed by atoms with van der Waals surface area (Å²) in [5, 5.41) is 7.70. The van der Waals surface area contributed by atoms with Gasteiger partial charge in [0.15, 0.2) is 5.82 Å². The Balaban J connectivity index is 1.30. The number of benzene rings is 1. The third-order valence-corrected chi connectivity index (χ3v) is 6.01. The zero-order chi connectivity index (χ0) is 22.2. The smallest absolute Gasteiger partial charge is 0.270 e. The molecule has 3 aromatic heterocycles. The second-order valence-electron chi connectivity index (χ2n) is 8.61. The van der Waals surface area contributed by atoms with E-state index >= 15 is 0 Å². The highest BCUT2D eigenvalue weighted by molar-refractivity contribution is 5.94. The van der Waals surface area contributed by atoms with E-state index in [-0.39, 0.29) is 5.91 Å². The first-order valence-corrected chi connectivity index (χ1v) is 11.2. The molecule has 1 aliphatic heterocycles. The van der Waals surface area contributed by atoms with E-state index in [0.717, 1.165) is 53.4 Å². The number of amides is 1. The van der Waals surface area contributed by atoms with Crippen molar-refractivity contribution >= 4 is 11.7 Å². The molecule has 4 aromatic rings. The van der Waals surface area contributed by atoms with Crippen LogP contribution in [0.2, 0.25) is 0 Å². The van der Waals surface area contributed by atoms with E-state index in [1.165, 1.54) is 0 Å². The van der Waals surface area contributed by atoms with Crippen LogP contribution in [0.5, 0.6) is 0 Å². The summed E-state index contributed by atoms with van der Waals surface area (Å²) >= 11 is 0. The highest BCUT2D eigenvalue weighted by Gasteiger charge is 2.20. The lowest BCUT2D eigenvalue weighted by Gasteiger charge is -2.17. The topological polar surface area (TPSA) is 90.0 Å². The second-order valence-corrected chi connectivity index (χ2v) is 8.61. The van der Waals surface area contributed by atoms with Gasteiger partial charge >= 0.3 is 0 Å². The molecule has 5 rings (SSSR count). The first-order valence-electron chi connectivity index (χ1n) is 11.2. The van der Waals surface area contributed by atoms with Crippen molar-refractivity contribution in [2.45, 2.75) is 53.1 Å². The summed E-state index contributed by atoms with van der Waals surface area (Å²) in [7, 11) is 0. The van der Waals surface area contributed by atoms with E-state index in [1.807, 2.05) is 49.0 Å². The molecule has 0 aliphatic carbocycles. The minimum Gasteiger partial charge on any atom is -0.347 e. The largest absolute Gasteiger partial charge is 0.347 e. The number of carbonyl (C=O) groups excluding carboxylic acids is 1. The number of imidazole rings is 1. The van der Waals surface area contributed by atoms with Gasteiger partial charge in [0.1, 0.15) is 11.5 Å². The van der Waals surface area contributed by atoms with Crippen molar-refractivity contribution in [2.75, 3.05) is 0 Å². The molecule has 0 unspecified atom stereocenters. The average molecular weight is 430 g/mol. The molecule has 0 radical (unpaired) electrons. The molecule has 0 spiro atoms. The van der Waals surface area contributed by atoms with Crippen molar-refractivity contribution in [3.63, 3.8) is 0 Å². The van der Waals surface area contributed by atoms with E-state index < -0.39 is 0 Å². The fraction of sp³-hybridized carbons (Fsp3) is 0.375. The quantitative estimate of drug-likeness (QED) is 0.525. The summed E-state index contributed by atoms with van der Waals surface area (Å²) in [6, 6.07) is 8.06. The number of aryl methyl sites for hydroxylation is 3. The molecule has 1 atom stereocenters. The maximum Gasteiger partial charge on any atom is 0.270 e. The zero-order valence-electron chi connectivity index (χ0n) is 18.7. The van der Waals surface area contributed by atoms with Crippen LogP contribution in [-0.4, -0.2) is 35.0 Å². The molecular formula is C24H27N7O. The predicted molar refractivity (Wildman–Crippen MR) is 121 cm³/mol. The van der Waals surface area contributed by atoms with Crippen molar-refractivity contribution in [1.29, 1.82) is 0 Å². The van der Waals surface area contributed by atoms with Gasteiger partial charge < -0.3 is 5.32 Å². The molecule has 8 heteroatoms. The van der Waals surface area contributed by atoms with E-state index in [4.69, 9.17) is 4.98 Å². The summed E-state index contributed by atoms with van der Waals surface area (Å²) in [4.78, 5) is 26.6. The van der Waals surface area contributed by atoms with Crippen LogP contribution in [0.3, 0.4) is 0 Å². The highest BCUT2D eigenvalue weighted by atomic mass is 16.1. The number of carbonyl (C=O) groups is 1. The van der Waals surface area contributed by atoms with Crippen molar-refractivity contribution in [3.8, 4) is 11.4 Å². The van der Waals surface area contributed by atoms with Gasteiger partial charge in [0.2, 0.25) is 5.78 Å². The van der Waals surface area contributed by atoms with E-state index in [9.17, 15) is 4.79 Å². The minimum absolute atomic E-state index is 0.150. The number of fused-ring (bicyclic) bond motifs is 2. The maximum atomic E-state index is 13.0. The van der Waals surface area contributed by atoms with Gasteiger partial charge in [-0.05, 0) is 36.8 Å². The van der Waals surface area contributed by atoms with Gasteiger partial charge in [0.05, 0.1) is 5.69 Å². The number of hydrogen-bond donors (Lipinski definition) is 1. The van der Waals surface area contributed by atoms with Gasteiger partial charge in [-0.1, -0.05) is 38.1 Å². The monoisotopic (exact) mass is 429 g/mol. The lowest BCUT2D eigenvalue weighted by atomic mass is 10.0. The molecule has 4 heterocycles. The minimum atomic E-state index is -0.150. The van der Waals surface area contributed by atoms with Crippen molar-refractivity contribution < 1.29 is 4.79 Å². The van der Waals surface area contributed by atoms with Gasteiger partial charge in [0.25, 0.3) is 5.91 Å². The van der Waals surface area contributed by atoms with Crippen LogP contribution in [0, 0.1) is 12.8 Å². The molecule has 1 aliphatic rings. The average Bonchev–Trinajstić information content (AvgIpc) is 3.38. The normalized spacial score (nSPS) is 15.7. The Morgan fingerprint density at radius 3 is 2.81 bits per heavy atom. The second kappa shape index (κ2) is 8.18. The van der Waals surface area contributed by atoms with Gasteiger partial charge in [-0.3, -0.25) is 9.20 Å². The van der Waals surface area contributed by atoms with Crippen LogP contribution >= 0.6 is 0 Å². The maximum absolute atomic E-state index is 13.0. The summed E-state index contributed by atoms with van der Waals surface area (Å²) in [6.07, 6.45) is 6.46. The fourth-order valence-corrected chi connectivity index (χ4v) is 4.18. The number of nitrogens with one attached hydrogen (secondary N) is 1. The SMILES string of the molecule is CCc1nc2ncc(C)cn2c1C(=O)NCc1ccc(-c2nc3n(n2)CC[C@H](C)C3)cc1. The molecule has 0 saturated heterocycles. The summed E-state index contributed by atoms with van der Waals surface area (Å²) in [5.74, 6) is 2.90. The van der Waals surface area contributed by atoms with E-state index in [0.29, 0.717) is 30.4 Å². The van der Waals surface area contributed by atoms with Crippen LogP contribution in [-0.2, 0) is 25.9 Å². The standard InChI is InChI=1S/C24H27N7O/c1-4-19-21(30-14-16(3)12-26-24(30)27-19)23(32)25-13-17-5-7-18(8-6-17)22-28-20-11-15(2)9-10-31(20)29-22/h5-8,12,14-15H,4,9-11,13H2,1-3H3,(H,25,32)/t15-/m0/s1.